The van der Waals surface area contributed by atoms with E-state index in [0.717, 1.165) is 0 Å². The summed E-state index contributed by atoms with van der Waals surface area (Å²) >= 11 is 3.25. The third kappa shape index (κ3) is 3.30. The van der Waals surface area contributed by atoms with Crippen molar-refractivity contribution in [2.24, 2.45) is 0 Å². The number of alkyl halides is 4. The van der Waals surface area contributed by atoms with Crippen molar-refractivity contribution in [2.45, 2.75) is 18.9 Å². The average molecular weight is 344 g/mol. The summed E-state index contributed by atoms with van der Waals surface area (Å²) in [4.78, 5) is 0. The largest absolute Gasteiger partial charge is 0.454 e. The fraction of sp³-hybridized carbons (Fsp3) is 0.455. The Bertz CT molecular complexity index is 470. The smallest absolute Gasteiger partial charge is 0.319 e. The lowest BCUT2D eigenvalue weighted by Gasteiger charge is -2.16. The maximum absolute atomic E-state index is 12.7. The SMILES string of the molecule is FC(F)C(F)(F)CNCc1cc2c(cc1Br)OCO2. The summed E-state index contributed by atoms with van der Waals surface area (Å²) in [5.74, 6) is -2.99. The highest BCUT2D eigenvalue weighted by Crippen LogP contribution is 2.36. The molecule has 0 saturated heterocycles. The Kier molecular flexibility index (Phi) is 4.19. The number of halogens is 5. The van der Waals surface area contributed by atoms with Crippen molar-refractivity contribution < 1.29 is 27.0 Å². The maximum Gasteiger partial charge on any atom is 0.319 e. The molecule has 0 spiro atoms. The minimum absolute atomic E-state index is 0.0134. The molecule has 2 rings (SSSR count). The quantitative estimate of drug-likeness (QED) is 0.833. The fourth-order valence-electron chi connectivity index (χ4n) is 1.54. The molecule has 0 radical (unpaired) electrons. The van der Waals surface area contributed by atoms with Crippen LogP contribution >= 0.6 is 15.9 Å². The number of rotatable bonds is 5. The predicted octanol–water partition coefficient (Wildman–Crippen LogP) is 3.17. The second kappa shape index (κ2) is 5.54. The Labute approximate surface area is 115 Å². The van der Waals surface area contributed by atoms with E-state index in [2.05, 4.69) is 21.2 Å². The number of ether oxygens (including phenoxy) is 2. The Balaban J connectivity index is 1.97. The first-order valence-electron chi connectivity index (χ1n) is 5.35. The zero-order valence-electron chi connectivity index (χ0n) is 9.56. The Morgan fingerprint density at radius 1 is 1.26 bits per heavy atom. The minimum Gasteiger partial charge on any atom is -0.454 e. The third-order valence-corrected chi connectivity index (χ3v) is 3.28. The van der Waals surface area contributed by atoms with Crippen LogP contribution in [0.2, 0.25) is 0 Å². The highest BCUT2D eigenvalue weighted by Gasteiger charge is 2.40. The van der Waals surface area contributed by atoms with Gasteiger partial charge in [0, 0.05) is 11.0 Å². The molecule has 1 aromatic carbocycles. The average Bonchev–Trinajstić information content (AvgIpc) is 2.75. The second-order valence-electron chi connectivity index (χ2n) is 3.96. The van der Waals surface area contributed by atoms with Gasteiger partial charge in [0.25, 0.3) is 0 Å². The van der Waals surface area contributed by atoms with Gasteiger partial charge in [-0.3, -0.25) is 0 Å². The molecule has 1 aliphatic rings. The minimum atomic E-state index is -4.04. The number of hydrogen-bond donors (Lipinski definition) is 1. The molecule has 1 aromatic rings. The molecule has 19 heavy (non-hydrogen) atoms. The lowest BCUT2D eigenvalue weighted by molar-refractivity contribution is -0.125. The lowest BCUT2D eigenvalue weighted by Crippen LogP contribution is -2.38. The van der Waals surface area contributed by atoms with Gasteiger partial charge in [0.1, 0.15) is 0 Å². The number of fused-ring (bicyclic) bond motifs is 1. The highest BCUT2D eigenvalue weighted by atomic mass is 79.9. The molecular weight excluding hydrogens is 334 g/mol. The van der Waals surface area contributed by atoms with Crippen molar-refractivity contribution in [2.75, 3.05) is 13.3 Å². The molecule has 0 aliphatic carbocycles. The summed E-state index contributed by atoms with van der Waals surface area (Å²) in [6.07, 6.45) is -3.68. The predicted molar refractivity (Wildman–Crippen MR) is 62.9 cm³/mol. The van der Waals surface area contributed by atoms with Crippen LogP contribution in [0.15, 0.2) is 16.6 Å². The normalized spacial score (nSPS) is 14.2. The van der Waals surface area contributed by atoms with E-state index in [1.54, 1.807) is 12.1 Å². The van der Waals surface area contributed by atoms with Crippen molar-refractivity contribution >= 4 is 15.9 Å². The molecule has 0 amide bonds. The van der Waals surface area contributed by atoms with Gasteiger partial charge in [0.2, 0.25) is 6.79 Å². The molecule has 106 valence electrons. The Morgan fingerprint density at radius 3 is 2.53 bits per heavy atom. The first kappa shape index (κ1) is 14.4. The van der Waals surface area contributed by atoms with E-state index in [-0.39, 0.29) is 13.3 Å². The molecule has 0 fully saturated rings. The van der Waals surface area contributed by atoms with Gasteiger partial charge in [0.15, 0.2) is 11.5 Å². The van der Waals surface area contributed by atoms with Crippen LogP contribution in [0.4, 0.5) is 17.6 Å². The van der Waals surface area contributed by atoms with Gasteiger partial charge >= 0.3 is 12.3 Å². The van der Waals surface area contributed by atoms with Gasteiger partial charge in [-0.25, -0.2) is 8.78 Å². The molecular formula is C11H10BrF4NO2. The molecule has 1 aliphatic heterocycles. The van der Waals surface area contributed by atoms with E-state index < -0.39 is 18.9 Å². The van der Waals surface area contributed by atoms with Crippen LogP contribution < -0.4 is 14.8 Å². The van der Waals surface area contributed by atoms with E-state index in [9.17, 15) is 17.6 Å². The third-order valence-electron chi connectivity index (χ3n) is 2.54. The van der Waals surface area contributed by atoms with Crippen molar-refractivity contribution in [1.82, 2.24) is 5.32 Å². The molecule has 0 atom stereocenters. The molecule has 0 bridgehead atoms. The Morgan fingerprint density at radius 2 is 1.89 bits per heavy atom. The standard InChI is InChI=1S/C11H10BrF4NO2/c12-7-2-9-8(18-5-19-9)1-6(7)3-17-4-11(15,16)10(13)14/h1-2,10,17H,3-5H2. The van der Waals surface area contributed by atoms with Crippen molar-refractivity contribution in [1.29, 1.82) is 0 Å². The molecule has 0 aromatic heterocycles. The summed E-state index contributed by atoms with van der Waals surface area (Å²) in [6.45, 7) is -0.979. The summed E-state index contributed by atoms with van der Waals surface area (Å²) in [5.41, 5.74) is 0.620. The topological polar surface area (TPSA) is 30.5 Å². The number of hydrogen-bond acceptors (Lipinski definition) is 3. The Hall–Kier alpha value is -1.02. The van der Waals surface area contributed by atoms with Gasteiger partial charge in [0.05, 0.1) is 6.54 Å². The van der Waals surface area contributed by atoms with Crippen LogP contribution in [0.5, 0.6) is 11.5 Å². The monoisotopic (exact) mass is 343 g/mol. The summed E-state index contributed by atoms with van der Waals surface area (Å²) in [6, 6.07) is 3.25. The molecule has 1 N–H and O–H groups in total. The van der Waals surface area contributed by atoms with Crippen LogP contribution in [0.25, 0.3) is 0 Å². The summed E-state index contributed by atoms with van der Waals surface area (Å²) in [7, 11) is 0. The van der Waals surface area contributed by atoms with Crippen LogP contribution in [0, 0.1) is 0 Å². The second-order valence-corrected chi connectivity index (χ2v) is 4.82. The van der Waals surface area contributed by atoms with Gasteiger partial charge in [-0.1, -0.05) is 15.9 Å². The lowest BCUT2D eigenvalue weighted by atomic mass is 10.2. The van der Waals surface area contributed by atoms with Crippen molar-refractivity contribution in [3.63, 3.8) is 0 Å². The van der Waals surface area contributed by atoms with E-state index in [1.165, 1.54) is 0 Å². The summed E-state index contributed by atoms with van der Waals surface area (Å²) in [5, 5.41) is 2.30. The van der Waals surface area contributed by atoms with E-state index in [4.69, 9.17) is 9.47 Å². The van der Waals surface area contributed by atoms with Crippen LogP contribution in [-0.4, -0.2) is 25.7 Å². The highest BCUT2D eigenvalue weighted by molar-refractivity contribution is 9.10. The van der Waals surface area contributed by atoms with Gasteiger partial charge in [-0.05, 0) is 17.7 Å². The van der Waals surface area contributed by atoms with Crippen LogP contribution in [0.1, 0.15) is 5.56 Å². The van der Waals surface area contributed by atoms with Crippen LogP contribution in [0.3, 0.4) is 0 Å². The zero-order chi connectivity index (χ0) is 14.0. The number of nitrogens with one attached hydrogen (secondary N) is 1. The fourth-order valence-corrected chi connectivity index (χ4v) is 2.00. The van der Waals surface area contributed by atoms with E-state index in [1.807, 2.05) is 0 Å². The van der Waals surface area contributed by atoms with Gasteiger partial charge in [-0.2, -0.15) is 8.78 Å². The van der Waals surface area contributed by atoms with Gasteiger partial charge < -0.3 is 14.8 Å². The summed E-state index contributed by atoms with van der Waals surface area (Å²) < 4.78 is 60.2. The van der Waals surface area contributed by atoms with Crippen LogP contribution in [-0.2, 0) is 6.54 Å². The van der Waals surface area contributed by atoms with Crippen molar-refractivity contribution in [3.05, 3.63) is 22.2 Å². The van der Waals surface area contributed by atoms with E-state index in [0.29, 0.717) is 21.5 Å². The molecule has 3 nitrogen and oxygen atoms in total. The first-order valence-corrected chi connectivity index (χ1v) is 6.14. The number of benzene rings is 1. The molecule has 0 saturated carbocycles. The van der Waals surface area contributed by atoms with Gasteiger partial charge in [-0.15, -0.1) is 0 Å². The first-order chi connectivity index (χ1) is 8.90. The van der Waals surface area contributed by atoms with E-state index >= 15 is 0 Å². The maximum atomic E-state index is 12.7. The molecule has 1 heterocycles. The molecule has 0 unspecified atom stereocenters. The van der Waals surface area contributed by atoms with Crippen molar-refractivity contribution in [3.8, 4) is 11.5 Å². The zero-order valence-corrected chi connectivity index (χ0v) is 11.1. The molecule has 8 heteroatoms.